The molecule has 3 aliphatic carbocycles. The van der Waals surface area contributed by atoms with E-state index in [9.17, 15) is 54.7 Å². The molecule has 0 spiro atoms. The standard InChI is InChI=1S/C34H34N2O15/c1-11-6-13-7-19(39)34(50-5)30(44)22-15(29(43)33(34,46)23(13)27(42)20(11)32(45)49-4)8-14-21(26(22)41)18(38)9-17(25(14)40)35-31-16(10-37)24(36-47)28(48-3)12(2)51-31/h6,8-9,12,16,19,28,31,35,37,39,41-42,46-47H,7,10H2,1-5H3/t12-,16+,19+,28-,31-,33-,34+/m0/s1. The molecule has 0 unspecified atom stereocenters. The van der Waals surface area contributed by atoms with Crippen LogP contribution in [0, 0.1) is 12.8 Å². The summed E-state index contributed by atoms with van der Waals surface area (Å²) in [5.41, 5.74) is -10.4. The van der Waals surface area contributed by atoms with E-state index in [0.29, 0.717) is 0 Å². The minimum absolute atomic E-state index is 0.0127. The van der Waals surface area contributed by atoms with Crippen molar-refractivity contribution in [1.29, 1.82) is 0 Å². The fourth-order valence-electron chi connectivity index (χ4n) is 7.88. The van der Waals surface area contributed by atoms with Crippen LogP contribution in [0.15, 0.2) is 29.1 Å². The summed E-state index contributed by atoms with van der Waals surface area (Å²) in [6.07, 6.45) is -4.52. The summed E-state index contributed by atoms with van der Waals surface area (Å²) in [7, 11) is 3.27. The van der Waals surface area contributed by atoms with Gasteiger partial charge in [0.1, 0.15) is 29.4 Å². The first-order valence-electron chi connectivity index (χ1n) is 15.6. The lowest BCUT2D eigenvalue weighted by molar-refractivity contribution is -0.181. The molecule has 0 bridgehead atoms. The number of oxime groups is 1. The molecule has 17 nitrogen and oxygen atoms in total. The molecule has 17 heteroatoms. The number of hydrogen-bond donors (Lipinski definition) is 7. The van der Waals surface area contributed by atoms with Crippen molar-refractivity contribution < 1.29 is 73.7 Å². The summed E-state index contributed by atoms with van der Waals surface area (Å²) >= 11 is 0. The van der Waals surface area contributed by atoms with Crippen molar-refractivity contribution in [2.75, 3.05) is 27.9 Å². The Balaban J connectivity index is 1.51. The molecule has 0 saturated carbocycles. The van der Waals surface area contributed by atoms with Gasteiger partial charge in [-0.3, -0.25) is 19.2 Å². The molecule has 2 aromatic rings. The third kappa shape index (κ3) is 4.56. The molecule has 1 saturated heterocycles. The van der Waals surface area contributed by atoms with Crippen LogP contribution in [0.1, 0.15) is 75.4 Å². The second-order valence-corrected chi connectivity index (χ2v) is 12.7. The first kappa shape index (κ1) is 35.8. The van der Waals surface area contributed by atoms with Gasteiger partial charge in [-0.1, -0.05) is 11.2 Å². The molecule has 7 N–H and O–H groups in total. The highest BCUT2D eigenvalue weighted by molar-refractivity contribution is 6.31. The van der Waals surface area contributed by atoms with Crippen molar-refractivity contribution in [1.82, 2.24) is 5.32 Å². The number of nitrogens with one attached hydrogen (secondary N) is 1. The number of phenolic OH excluding ortho intramolecular Hbond substituents is 2. The van der Waals surface area contributed by atoms with Crippen molar-refractivity contribution >= 4 is 34.8 Å². The maximum absolute atomic E-state index is 14.6. The maximum Gasteiger partial charge on any atom is 0.341 e. The molecule has 1 fully saturated rings. The highest BCUT2D eigenvalue weighted by Crippen LogP contribution is 2.56. The topological polar surface area (TPSA) is 268 Å². The summed E-state index contributed by atoms with van der Waals surface area (Å²) in [5.74, 6) is -8.91. The molecule has 6 rings (SSSR count). The van der Waals surface area contributed by atoms with Crippen LogP contribution in [0.5, 0.6) is 11.5 Å². The average molecular weight is 711 g/mol. The van der Waals surface area contributed by atoms with Crippen LogP contribution in [0.3, 0.4) is 0 Å². The number of rotatable bonds is 6. The molecule has 4 aliphatic rings. The third-order valence-electron chi connectivity index (χ3n) is 10.2. The highest BCUT2D eigenvalue weighted by atomic mass is 16.6. The minimum atomic E-state index is -3.25. The van der Waals surface area contributed by atoms with Gasteiger partial charge in [-0.05, 0) is 31.0 Å². The van der Waals surface area contributed by atoms with Crippen molar-refractivity contribution in [2.24, 2.45) is 11.1 Å². The van der Waals surface area contributed by atoms with Crippen LogP contribution >= 0.6 is 0 Å². The van der Waals surface area contributed by atoms with Gasteiger partial charge in [0.2, 0.25) is 17.3 Å². The SMILES string of the molecule is COC(=O)c1c(C)cc2c(c1O)[C@]1(O)C(=O)c3cc4c(c(O)c3C(=O)[C@]1(OC)[C@H](O)C2)C(=O)C=C(N[C@H]1O[C@@H](C)[C@H](OC)C(=NO)[C@H]1CO)C4=O. The minimum Gasteiger partial charge on any atom is -0.507 e. The molecule has 51 heavy (non-hydrogen) atoms. The fraction of sp³-hybridized carbons (Fsp3) is 0.412. The Morgan fingerprint density at radius 3 is 2.33 bits per heavy atom. The number of aromatic hydroxyl groups is 2. The molecule has 1 aliphatic heterocycles. The summed E-state index contributed by atoms with van der Waals surface area (Å²) < 4.78 is 21.4. The molecular weight excluding hydrogens is 676 g/mol. The first-order chi connectivity index (χ1) is 24.1. The monoisotopic (exact) mass is 710 g/mol. The summed E-state index contributed by atoms with van der Waals surface area (Å²) in [4.78, 5) is 69.2. The van der Waals surface area contributed by atoms with Gasteiger partial charge >= 0.3 is 5.97 Å². The second-order valence-electron chi connectivity index (χ2n) is 12.7. The zero-order valence-electron chi connectivity index (χ0n) is 27.8. The quantitative estimate of drug-likeness (QED) is 0.116. The number of aliphatic hydroxyl groups is 3. The van der Waals surface area contributed by atoms with Crippen molar-refractivity contribution in [3.05, 3.63) is 68.4 Å². The Kier molecular flexibility index (Phi) is 8.65. The van der Waals surface area contributed by atoms with E-state index in [1.165, 1.54) is 20.1 Å². The van der Waals surface area contributed by atoms with Crippen LogP contribution in [0.25, 0.3) is 0 Å². The van der Waals surface area contributed by atoms with Crippen molar-refractivity contribution in [3.8, 4) is 11.5 Å². The van der Waals surface area contributed by atoms with E-state index in [1.807, 2.05) is 0 Å². The molecule has 0 aromatic heterocycles. The highest BCUT2D eigenvalue weighted by Gasteiger charge is 2.72. The zero-order valence-corrected chi connectivity index (χ0v) is 27.8. The number of ketones is 4. The Morgan fingerprint density at radius 2 is 1.75 bits per heavy atom. The molecule has 1 heterocycles. The number of phenols is 2. The van der Waals surface area contributed by atoms with E-state index >= 15 is 0 Å². The van der Waals surface area contributed by atoms with Crippen molar-refractivity contribution in [2.45, 2.75) is 56.0 Å². The number of benzene rings is 2. The van der Waals surface area contributed by atoms with Gasteiger partial charge < -0.3 is 55.0 Å². The van der Waals surface area contributed by atoms with Crippen LogP contribution in [-0.2, 0) is 31.0 Å². The average Bonchev–Trinajstić information content (AvgIpc) is 3.08. The number of carbonyl (C=O) groups is 5. The van der Waals surface area contributed by atoms with Crippen LogP contribution in [0.2, 0.25) is 0 Å². The van der Waals surface area contributed by atoms with E-state index in [-0.39, 0.29) is 16.8 Å². The second kappa shape index (κ2) is 12.3. The summed E-state index contributed by atoms with van der Waals surface area (Å²) in [6.45, 7) is 2.37. The first-order valence-corrected chi connectivity index (χ1v) is 15.6. The Labute approximate surface area is 288 Å². The number of nitrogens with zero attached hydrogens (tertiary/aromatic N) is 1. The smallest absolute Gasteiger partial charge is 0.341 e. The number of methoxy groups -OCH3 is 3. The van der Waals surface area contributed by atoms with Gasteiger partial charge in [0.15, 0.2) is 17.0 Å². The van der Waals surface area contributed by atoms with Gasteiger partial charge in [-0.15, -0.1) is 0 Å². The Bertz CT molecular complexity index is 2000. The van der Waals surface area contributed by atoms with Crippen LogP contribution < -0.4 is 5.32 Å². The lowest BCUT2D eigenvalue weighted by atomic mass is 9.56. The molecule has 0 amide bonds. The number of Topliss-reactive ketones (excluding diaryl/α,β-unsaturated/α-hetero) is 3. The molecule has 270 valence electrons. The van der Waals surface area contributed by atoms with Crippen LogP contribution in [0.4, 0.5) is 0 Å². The van der Waals surface area contributed by atoms with Gasteiger partial charge in [-0.25, -0.2) is 4.79 Å². The summed E-state index contributed by atoms with van der Waals surface area (Å²) in [5, 5.41) is 72.5. The maximum atomic E-state index is 14.6. The Morgan fingerprint density at radius 1 is 1.06 bits per heavy atom. The van der Waals surface area contributed by atoms with Gasteiger partial charge in [0.05, 0.1) is 54.4 Å². The van der Waals surface area contributed by atoms with E-state index in [1.54, 1.807) is 6.92 Å². The van der Waals surface area contributed by atoms with E-state index in [2.05, 4.69) is 10.5 Å². The number of allylic oxidation sites excluding steroid dienone is 2. The normalized spacial score (nSPS) is 30.6. The van der Waals surface area contributed by atoms with Crippen molar-refractivity contribution in [3.63, 3.8) is 0 Å². The Hall–Kier alpha value is -5.04. The lowest BCUT2D eigenvalue weighted by Crippen LogP contribution is -2.73. The van der Waals surface area contributed by atoms with E-state index in [4.69, 9.17) is 18.9 Å². The molecular formula is C34H34N2O15. The van der Waals surface area contributed by atoms with Gasteiger partial charge in [0, 0.05) is 43.4 Å². The van der Waals surface area contributed by atoms with E-state index in [0.717, 1.165) is 26.4 Å². The summed E-state index contributed by atoms with van der Waals surface area (Å²) in [6, 6.07) is 2.14. The number of carbonyl (C=O) groups excluding carboxylic acids is 5. The fourth-order valence-corrected chi connectivity index (χ4v) is 7.88. The third-order valence-corrected chi connectivity index (χ3v) is 10.2. The number of aliphatic hydroxyl groups excluding tert-OH is 2. The predicted molar refractivity (Wildman–Crippen MR) is 169 cm³/mol. The van der Waals surface area contributed by atoms with Gasteiger partial charge in [0.25, 0.3) is 0 Å². The number of aryl methyl sites for hydroxylation is 1. The zero-order chi connectivity index (χ0) is 37.5. The number of esters is 1. The number of fused-ring (bicyclic) bond motifs is 5. The molecule has 2 aromatic carbocycles. The van der Waals surface area contributed by atoms with Gasteiger partial charge in [-0.2, -0.15) is 0 Å². The molecule has 7 atom stereocenters. The molecule has 0 radical (unpaired) electrons. The number of ether oxygens (including phenoxy) is 4. The van der Waals surface area contributed by atoms with E-state index < -0.39 is 134 Å². The predicted octanol–water partition coefficient (Wildman–Crippen LogP) is -0.187. The van der Waals surface area contributed by atoms with Crippen LogP contribution in [-0.4, -0.2) is 124 Å². The lowest BCUT2D eigenvalue weighted by Gasteiger charge is -2.52. The largest absolute Gasteiger partial charge is 0.507 e. The number of hydrogen-bond acceptors (Lipinski definition) is 17.